The summed E-state index contributed by atoms with van der Waals surface area (Å²) in [6.45, 7) is 4.38. The van der Waals surface area contributed by atoms with Gasteiger partial charge in [0.2, 0.25) is 0 Å². The van der Waals surface area contributed by atoms with Gasteiger partial charge in [-0.2, -0.15) is 0 Å². The van der Waals surface area contributed by atoms with Crippen molar-refractivity contribution in [1.29, 1.82) is 0 Å². The molecule has 0 radical (unpaired) electrons. The van der Waals surface area contributed by atoms with Gasteiger partial charge in [0.25, 0.3) is 0 Å². The topological polar surface area (TPSA) is 0 Å². The van der Waals surface area contributed by atoms with Crippen molar-refractivity contribution in [2.45, 2.75) is 65.2 Å². The Kier molecular flexibility index (Phi) is 9.82. The largest absolute Gasteiger partial charge is 0.207 e. The number of hydrogen-bond donors (Lipinski definition) is 0. The van der Waals surface area contributed by atoms with E-state index in [4.69, 9.17) is 0 Å². The number of halogens is 1. The lowest BCUT2D eigenvalue weighted by atomic mass is 10.0. The van der Waals surface area contributed by atoms with Crippen LogP contribution < -0.4 is 0 Å². The summed E-state index contributed by atoms with van der Waals surface area (Å²) in [6, 6.07) is 21.8. The summed E-state index contributed by atoms with van der Waals surface area (Å²) in [5, 5.41) is 0. The van der Waals surface area contributed by atoms with Crippen LogP contribution in [0, 0.1) is 29.5 Å². The molecule has 0 aliphatic rings. The first-order valence-corrected chi connectivity index (χ1v) is 12.2. The van der Waals surface area contributed by atoms with Crippen molar-refractivity contribution < 1.29 is 4.39 Å². The summed E-state index contributed by atoms with van der Waals surface area (Å²) in [5.74, 6) is 12.5. The fraction of sp³-hybridized carbons (Fsp3) is 0.312. The van der Waals surface area contributed by atoms with Crippen LogP contribution >= 0.6 is 0 Å². The van der Waals surface area contributed by atoms with Crippen LogP contribution in [0.25, 0.3) is 0 Å². The van der Waals surface area contributed by atoms with Crippen molar-refractivity contribution in [1.82, 2.24) is 0 Å². The van der Waals surface area contributed by atoms with Gasteiger partial charge in [-0.1, -0.05) is 81.4 Å². The van der Waals surface area contributed by atoms with Gasteiger partial charge in [-0.05, 0) is 85.3 Å². The van der Waals surface area contributed by atoms with Crippen molar-refractivity contribution in [2.24, 2.45) is 0 Å². The molecule has 0 atom stereocenters. The molecule has 0 unspecified atom stereocenters. The summed E-state index contributed by atoms with van der Waals surface area (Å²) < 4.78 is 14.3. The molecular formula is C32H33F. The average molecular weight is 437 g/mol. The molecule has 1 heteroatoms. The molecule has 3 aromatic rings. The van der Waals surface area contributed by atoms with Gasteiger partial charge in [-0.25, -0.2) is 4.39 Å². The van der Waals surface area contributed by atoms with Crippen molar-refractivity contribution in [3.63, 3.8) is 0 Å². The Hall–Kier alpha value is -3.29. The third kappa shape index (κ3) is 8.29. The first kappa shape index (κ1) is 24.4. The molecule has 0 aliphatic carbocycles. The van der Waals surface area contributed by atoms with E-state index in [1.807, 2.05) is 36.4 Å². The van der Waals surface area contributed by atoms with Crippen LogP contribution in [0.3, 0.4) is 0 Å². The lowest BCUT2D eigenvalue weighted by Crippen LogP contribution is -1.92. The fourth-order valence-electron chi connectivity index (χ4n) is 3.65. The maximum atomic E-state index is 14.3. The maximum absolute atomic E-state index is 14.3. The summed E-state index contributed by atoms with van der Waals surface area (Å²) >= 11 is 0. The molecule has 0 aliphatic heterocycles. The highest BCUT2D eigenvalue weighted by molar-refractivity contribution is 5.48. The Balaban J connectivity index is 1.58. The molecule has 33 heavy (non-hydrogen) atoms. The molecule has 0 bridgehead atoms. The standard InChI is InChI=1S/C32H33F/c1-3-5-7-9-26-11-13-27(14-12-26)15-16-28-17-19-29(20-18-28)21-22-30-23-24-31(32(33)25-30)10-8-6-4-2/h11-14,17-20,23-25H,3-10H2,1-2H3. The average Bonchev–Trinajstić information content (AvgIpc) is 2.84. The predicted molar refractivity (Wildman–Crippen MR) is 138 cm³/mol. The van der Waals surface area contributed by atoms with E-state index >= 15 is 0 Å². The Labute approximate surface area is 199 Å². The minimum atomic E-state index is -0.155. The summed E-state index contributed by atoms with van der Waals surface area (Å²) in [5.41, 5.74) is 5.73. The second-order valence-corrected chi connectivity index (χ2v) is 8.49. The van der Waals surface area contributed by atoms with Crippen molar-refractivity contribution >= 4 is 0 Å². The smallest absolute Gasteiger partial charge is 0.127 e. The molecule has 0 N–H and O–H groups in total. The molecule has 3 aromatic carbocycles. The van der Waals surface area contributed by atoms with Gasteiger partial charge in [0, 0.05) is 22.3 Å². The highest BCUT2D eigenvalue weighted by atomic mass is 19.1. The van der Waals surface area contributed by atoms with E-state index in [-0.39, 0.29) is 5.82 Å². The zero-order valence-electron chi connectivity index (χ0n) is 19.9. The monoisotopic (exact) mass is 436 g/mol. The van der Waals surface area contributed by atoms with Crippen LogP contribution in [0.1, 0.15) is 85.8 Å². The van der Waals surface area contributed by atoms with Crippen molar-refractivity contribution in [2.75, 3.05) is 0 Å². The number of benzene rings is 3. The van der Waals surface area contributed by atoms with Crippen LogP contribution in [0.4, 0.5) is 4.39 Å². The van der Waals surface area contributed by atoms with E-state index in [0.29, 0.717) is 5.56 Å². The van der Waals surface area contributed by atoms with Gasteiger partial charge >= 0.3 is 0 Å². The Morgan fingerprint density at radius 1 is 0.545 bits per heavy atom. The second kappa shape index (κ2) is 13.3. The lowest BCUT2D eigenvalue weighted by Gasteiger charge is -2.03. The van der Waals surface area contributed by atoms with E-state index in [0.717, 1.165) is 54.4 Å². The number of unbranched alkanes of at least 4 members (excludes halogenated alkanes) is 4. The Morgan fingerprint density at radius 2 is 1.00 bits per heavy atom. The summed E-state index contributed by atoms with van der Waals surface area (Å²) in [6.07, 6.45) is 9.00. The van der Waals surface area contributed by atoms with Crippen LogP contribution in [0.5, 0.6) is 0 Å². The minimum absolute atomic E-state index is 0.155. The van der Waals surface area contributed by atoms with Crippen LogP contribution in [0.2, 0.25) is 0 Å². The zero-order valence-corrected chi connectivity index (χ0v) is 19.9. The normalized spacial score (nSPS) is 10.2. The third-order valence-electron chi connectivity index (χ3n) is 5.71. The molecule has 0 fully saturated rings. The molecule has 0 nitrogen and oxygen atoms in total. The molecule has 0 saturated heterocycles. The van der Waals surface area contributed by atoms with E-state index in [9.17, 15) is 4.39 Å². The second-order valence-electron chi connectivity index (χ2n) is 8.49. The number of hydrogen-bond acceptors (Lipinski definition) is 0. The first-order valence-electron chi connectivity index (χ1n) is 12.2. The molecule has 0 heterocycles. The van der Waals surface area contributed by atoms with Crippen molar-refractivity contribution in [3.05, 3.63) is 106 Å². The number of aryl methyl sites for hydroxylation is 2. The summed E-state index contributed by atoms with van der Waals surface area (Å²) in [7, 11) is 0. The van der Waals surface area contributed by atoms with Gasteiger partial charge in [0.05, 0.1) is 0 Å². The molecule has 0 spiro atoms. The molecule has 3 rings (SSSR count). The van der Waals surface area contributed by atoms with Crippen LogP contribution in [0.15, 0.2) is 66.7 Å². The zero-order chi connectivity index (χ0) is 23.3. The Morgan fingerprint density at radius 3 is 1.52 bits per heavy atom. The van der Waals surface area contributed by atoms with Gasteiger partial charge in [0.15, 0.2) is 0 Å². The molecular weight excluding hydrogens is 403 g/mol. The third-order valence-corrected chi connectivity index (χ3v) is 5.71. The highest BCUT2D eigenvalue weighted by Crippen LogP contribution is 2.14. The minimum Gasteiger partial charge on any atom is -0.207 e. The van der Waals surface area contributed by atoms with Crippen LogP contribution in [-0.2, 0) is 12.8 Å². The molecule has 168 valence electrons. The quantitative estimate of drug-likeness (QED) is 0.247. The van der Waals surface area contributed by atoms with Gasteiger partial charge in [-0.15, -0.1) is 0 Å². The first-order chi connectivity index (χ1) is 16.2. The molecule has 0 aromatic heterocycles. The Bertz CT molecular complexity index is 1130. The van der Waals surface area contributed by atoms with Gasteiger partial charge in [-0.3, -0.25) is 0 Å². The molecule has 0 amide bonds. The maximum Gasteiger partial charge on any atom is 0.127 e. The fourth-order valence-corrected chi connectivity index (χ4v) is 3.65. The van der Waals surface area contributed by atoms with Crippen LogP contribution in [-0.4, -0.2) is 0 Å². The van der Waals surface area contributed by atoms with E-state index in [1.165, 1.54) is 24.8 Å². The van der Waals surface area contributed by atoms with Gasteiger partial charge in [0.1, 0.15) is 5.82 Å². The van der Waals surface area contributed by atoms with E-state index in [2.05, 4.69) is 61.8 Å². The predicted octanol–water partition coefficient (Wildman–Crippen LogP) is 8.09. The van der Waals surface area contributed by atoms with Crippen molar-refractivity contribution in [3.8, 4) is 23.7 Å². The van der Waals surface area contributed by atoms with E-state index < -0.39 is 0 Å². The van der Waals surface area contributed by atoms with Gasteiger partial charge < -0.3 is 0 Å². The molecule has 0 saturated carbocycles. The highest BCUT2D eigenvalue weighted by Gasteiger charge is 2.02. The number of rotatable bonds is 8. The SMILES string of the molecule is CCCCCc1ccc(C#Cc2ccc(C#Cc3ccc(CCCCC)c(F)c3)cc2)cc1. The summed E-state index contributed by atoms with van der Waals surface area (Å²) in [4.78, 5) is 0. The lowest BCUT2D eigenvalue weighted by molar-refractivity contribution is 0.598. The van der Waals surface area contributed by atoms with E-state index in [1.54, 1.807) is 6.07 Å².